The fraction of sp³-hybridized carbons (Fsp3) is 0.583. The molecule has 1 saturated heterocycles. The van der Waals surface area contributed by atoms with E-state index >= 15 is 0 Å². The predicted octanol–water partition coefficient (Wildman–Crippen LogP) is 1.94. The van der Waals surface area contributed by atoms with Gasteiger partial charge < -0.3 is 0 Å². The average molecular weight is 219 g/mol. The summed E-state index contributed by atoms with van der Waals surface area (Å²) in [6.07, 6.45) is 3.49. The molecule has 86 valence electrons. The first-order chi connectivity index (χ1) is 7.57. The van der Waals surface area contributed by atoms with Gasteiger partial charge in [-0.05, 0) is 25.8 Å². The van der Waals surface area contributed by atoms with E-state index in [1.54, 1.807) is 17.2 Å². The predicted molar refractivity (Wildman–Crippen MR) is 62.1 cm³/mol. The van der Waals surface area contributed by atoms with E-state index in [4.69, 9.17) is 0 Å². The largest absolute Gasteiger partial charge is 0.296 e. The summed E-state index contributed by atoms with van der Waals surface area (Å²) in [5.41, 5.74) is -0.209. The maximum atomic E-state index is 12.2. The maximum absolute atomic E-state index is 12.2. The van der Waals surface area contributed by atoms with Crippen LogP contribution < -0.4 is 4.90 Å². The van der Waals surface area contributed by atoms with Crippen LogP contribution in [0.4, 0.5) is 5.82 Å². The van der Waals surface area contributed by atoms with Gasteiger partial charge in [0, 0.05) is 18.2 Å². The molecule has 2 heterocycles. The highest BCUT2D eigenvalue weighted by Crippen LogP contribution is 2.36. The minimum atomic E-state index is -0.209. The summed E-state index contributed by atoms with van der Waals surface area (Å²) in [7, 11) is 0. The zero-order valence-corrected chi connectivity index (χ0v) is 10.0. The third kappa shape index (κ3) is 1.68. The van der Waals surface area contributed by atoms with Gasteiger partial charge in [0.25, 0.3) is 0 Å². The topological polar surface area (TPSA) is 46.1 Å². The van der Waals surface area contributed by atoms with Crippen LogP contribution in [0, 0.1) is 12.3 Å². The minimum absolute atomic E-state index is 0.188. The molecule has 1 atom stereocenters. The highest BCUT2D eigenvalue weighted by Gasteiger charge is 2.42. The summed E-state index contributed by atoms with van der Waals surface area (Å²) < 4.78 is 0. The number of rotatable bonds is 2. The number of anilines is 1. The molecular formula is C12H17N3O. The summed E-state index contributed by atoms with van der Waals surface area (Å²) >= 11 is 0. The smallest absolute Gasteiger partial charge is 0.234 e. The van der Waals surface area contributed by atoms with Crippen molar-refractivity contribution >= 4 is 11.7 Å². The van der Waals surface area contributed by atoms with Crippen molar-refractivity contribution in [3.8, 4) is 0 Å². The molecule has 1 aliphatic rings. The van der Waals surface area contributed by atoms with Crippen LogP contribution in [-0.2, 0) is 4.79 Å². The lowest BCUT2D eigenvalue weighted by Crippen LogP contribution is -2.32. The van der Waals surface area contributed by atoms with Gasteiger partial charge in [-0.1, -0.05) is 13.8 Å². The van der Waals surface area contributed by atoms with Crippen molar-refractivity contribution < 1.29 is 4.79 Å². The number of nitrogens with zero attached hydrogens (tertiary/aromatic N) is 3. The fourth-order valence-corrected chi connectivity index (χ4v) is 2.03. The van der Waals surface area contributed by atoms with Crippen molar-refractivity contribution in [1.29, 1.82) is 0 Å². The average Bonchev–Trinajstić information content (AvgIpc) is 2.57. The van der Waals surface area contributed by atoms with Crippen molar-refractivity contribution in [2.75, 3.05) is 11.4 Å². The standard InChI is InChI=1S/C12H17N3O/c1-4-12(3)6-8-15(11(12)16)10-5-7-13-9(2)14-10/h5,7H,4,6,8H2,1-3H3/t12-/m1/s1. The SMILES string of the molecule is CC[C@]1(C)CCN(c2ccnc(C)n2)C1=O. The van der Waals surface area contributed by atoms with Crippen LogP contribution in [0.3, 0.4) is 0 Å². The van der Waals surface area contributed by atoms with Crippen LogP contribution in [0.1, 0.15) is 32.5 Å². The highest BCUT2D eigenvalue weighted by molar-refractivity contribution is 5.98. The molecule has 4 nitrogen and oxygen atoms in total. The molecule has 0 unspecified atom stereocenters. The lowest BCUT2D eigenvalue weighted by atomic mass is 9.86. The Balaban J connectivity index is 2.28. The van der Waals surface area contributed by atoms with Gasteiger partial charge in [-0.3, -0.25) is 9.69 Å². The molecule has 4 heteroatoms. The third-order valence-corrected chi connectivity index (χ3v) is 3.47. The molecule has 1 aromatic heterocycles. The quantitative estimate of drug-likeness (QED) is 0.763. The Morgan fingerprint density at radius 1 is 1.56 bits per heavy atom. The second kappa shape index (κ2) is 3.85. The van der Waals surface area contributed by atoms with E-state index in [0.717, 1.165) is 25.2 Å². The van der Waals surface area contributed by atoms with Crippen molar-refractivity contribution in [1.82, 2.24) is 9.97 Å². The van der Waals surface area contributed by atoms with Crippen LogP contribution in [0.2, 0.25) is 0 Å². The number of aromatic nitrogens is 2. The molecule has 0 spiro atoms. The number of hydrogen-bond acceptors (Lipinski definition) is 3. The van der Waals surface area contributed by atoms with Crippen molar-refractivity contribution in [2.45, 2.75) is 33.6 Å². The summed E-state index contributed by atoms with van der Waals surface area (Å²) in [5.74, 6) is 1.62. The summed E-state index contributed by atoms with van der Waals surface area (Å²) in [5, 5.41) is 0. The number of hydrogen-bond donors (Lipinski definition) is 0. The molecule has 2 rings (SSSR count). The van der Waals surface area contributed by atoms with Gasteiger partial charge in [0.05, 0.1) is 0 Å². The number of carbonyl (C=O) groups is 1. The molecule has 1 amide bonds. The van der Waals surface area contributed by atoms with Crippen LogP contribution in [0.25, 0.3) is 0 Å². The molecule has 0 saturated carbocycles. The van der Waals surface area contributed by atoms with Gasteiger partial charge >= 0.3 is 0 Å². The van der Waals surface area contributed by atoms with E-state index in [1.807, 2.05) is 13.8 Å². The number of amides is 1. The molecule has 0 N–H and O–H groups in total. The molecule has 1 fully saturated rings. The van der Waals surface area contributed by atoms with Gasteiger partial charge in [-0.25, -0.2) is 9.97 Å². The first-order valence-corrected chi connectivity index (χ1v) is 5.68. The number of carbonyl (C=O) groups excluding carboxylic acids is 1. The lowest BCUT2D eigenvalue weighted by Gasteiger charge is -2.21. The van der Waals surface area contributed by atoms with E-state index in [-0.39, 0.29) is 11.3 Å². The van der Waals surface area contributed by atoms with Crippen LogP contribution in [0.15, 0.2) is 12.3 Å². The molecule has 0 aliphatic carbocycles. The van der Waals surface area contributed by atoms with Gasteiger partial charge in [0.2, 0.25) is 5.91 Å². The molecule has 0 bridgehead atoms. The zero-order chi connectivity index (χ0) is 11.8. The van der Waals surface area contributed by atoms with Crippen molar-refractivity contribution in [2.24, 2.45) is 5.41 Å². The van der Waals surface area contributed by atoms with Gasteiger partial charge in [0.15, 0.2) is 0 Å². The van der Waals surface area contributed by atoms with Gasteiger partial charge in [-0.15, -0.1) is 0 Å². The Kier molecular flexibility index (Phi) is 2.66. The Hall–Kier alpha value is -1.45. The number of aryl methyl sites for hydroxylation is 1. The highest BCUT2D eigenvalue weighted by atomic mass is 16.2. The molecule has 16 heavy (non-hydrogen) atoms. The summed E-state index contributed by atoms with van der Waals surface area (Å²) in [6, 6.07) is 1.80. The molecule has 0 radical (unpaired) electrons. The normalized spacial score (nSPS) is 25.2. The summed E-state index contributed by atoms with van der Waals surface area (Å²) in [6.45, 7) is 6.69. The van der Waals surface area contributed by atoms with Crippen molar-refractivity contribution in [3.05, 3.63) is 18.1 Å². The molecule has 1 aromatic rings. The van der Waals surface area contributed by atoms with Crippen LogP contribution in [0.5, 0.6) is 0 Å². The lowest BCUT2D eigenvalue weighted by molar-refractivity contribution is -0.124. The second-order valence-electron chi connectivity index (χ2n) is 4.58. The molecule has 0 aromatic carbocycles. The van der Waals surface area contributed by atoms with Gasteiger partial charge in [0.1, 0.15) is 11.6 Å². The molecule has 1 aliphatic heterocycles. The third-order valence-electron chi connectivity index (χ3n) is 3.47. The molecular weight excluding hydrogens is 202 g/mol. The van der Waals surface area contributed by atoms with E-state index in [0.29, 0.717) is 5.82 Å². The Morgan fingerprint density at radius 2 is 2.31 bits per heavy atom. The van der Waals surface area contributed by atoms with Gasteiger partial charge in [-0.2, -0.15) is 0 Å². The fourth-order valence-electron chi connectivity index (χ4n) is 2.03. The maximum Gasteiger partial charge on any atom is 0.234 e. The minimum Gasteiger partial charge on any atom is -0.296 e. The first-order valence-electron chi connectivity index (χ1n) is 5.68. The monoisotopic (exact) mass is 219 g/mol. The van der Waals surface area contributed by atoms with E-state index < -0.39 is 0 Å². The van der Waals surface area contributed by atoms with E-state index in [9.17, 15) is 4.79 Å². The Bertz CT molecular complexity index is 418. The van der Waals surface area contributed by atoms with Crippen LogP contribution >= 0.6 is 0 Å². The Morgan fingerprint density at radius 3 is 2.88 bits per heavy atom. The van der Waals surface area contributed by atoms with Crippen molar-refractivity contribution in [3.63, 3.8) is 0 Å². The first kappa shape index (κ1) is 11.0. The second-order valence-corrected chi connectivity index (χ2v) is 4.58. The Labute approximate surface area is 95.7 Å². The van der Waals surface area contributed by atoms with E-state index in [1.165, 1.54) is 0 Å². The zero-order valence-electron chi connectivity index (χ0n) is 10.0. The van der Waals surface area contributed by atoms with E-state index in [2.05, 4.69) is 16.9 Å². The summed E-state index contributed by atoms with van der Waals surface area (Å²) in [4.78, 5) is 22.4. The van der Waals surface area contributed by atoms with Crippen LogP contribution in [-0.4, -0.2) is 22.4 Å².